The van der Waals surface area contributed by atoms with Gasteiger partial charge >= 0.3 is 0 Å². The number of aryl methyl sites for hydroxylation is 1. The van der Waals surface area contributed by atoms with Gasteiger partial charge in [0.2, 0.25) is 10.0 Å². The number of anilines is 2. The van der Waals surface area contributed by atoms with Gasteiger partial charge in [0.1, 0.15) is 11.5 Å². The highest BCUT2D eigenvalue weighted by molar-refractivity contribution is 7.92. The van der Waals surface area contributed by atoms with Crippen LogP contribution in [-0.2, 0) is 10.0 Å². The van der Waals surface area contributed by atoms with Gasteiger partial charge < -0.3 is 24.6 Å². The van der Waals surface area contributed by atoms with Crippen LogP contribution in [0.25, 0.3) is 5.69 Å². The second kappa shape index (κ2) is 10.2. The van der Waals surface area contributed by atoms with Gasteiger partial charge in [-0.05, 0) is 80.2 Å². The Hall–Kier alpha value is -4.09. The van der Waals surface area contributed by atoms with Crippen molar-refractivity contribution in [2.45, 2.75) is 25.9 Å². The number of hydrogen-bond donors (Lipinski definition) is 3. The van der Waals surface area contributed by atoms with Gasteiger partial charge in [0.15, 0.2) is 5.11 Å². The molecule has 9 nitrogen and oxygen atoms in total. The zero-order valence-electron chi connectivity index (χ0n) is 21.9. The molecule has 11 heteroatoms. The first-order valence-electron chi connectivity index (χ1n) is 12.2. The van der Waals surface area contributed by atoms with Crippen molar-refractivity contribution in [1.29, 1.82) is 0 Å². The topological polar surface area (TPSA) is 109 Å². The molecule has 1 aliphatic heterocycles. The molecule has 2 atom stereocenters. The van der Waals surface area contributed by atoms with Gasteiger partial charge in [0, 0.05) is 23.3 Å². The minimum absolute atomic E-state index is 0.177. The molecule has 2 aromatic heterocycles. The number of ether oxygens (including phenoxy) is 1. The van der Waals surface area contributed by atoms with Crippen LogP contribution in [0.5, 0.6) is 11.5 Å². The summed E-state index contributed by atoms with van der Waals surface area (Å²) in [6, 6.07) is 19.7. The molecule has 0 amide bonds. The number of thiocarbonyl (C=S) groups is 1. The number of hydrogen-bond acceptors (Lipinski definition) is 6. The lowest BCUT2D eigenvalue weighted by Gasteiger charge is -2.29. The van der Waals surface area contributed by atoms with Crippen molar-refractivity contribution >= 4 is 38.7 Å². The summed E-state index contributed by atoms with van der Waals surface area (Å²) in [7, 11) is -2.08. The first kappa shape index (κ1) is 26.5. The quantitative estimate of drug-likeness (QED) is 0.277. The van der Waals surface area contributed by atoms with E-state index in [0.29, 0.717) is 27.9 Å². The molecule has 0 radical (unpaired) electrons. The highest BCUT2D eigenvalue weighted by Crippen LogP contribution is 2.45. The van der Waals surface area contributed by atoms with Crippen molar-refractivity contribution in [3.63, 3.8) is 0 Å². The number of nitrogens with one attached hydrogen (secondary N) is 2. The van der Waals surface area contributed by atoms with Crippen LogP contribution in [-0.4, -0.2) is 41.6 Å². The lowest BCUT2D eigenvalue weighted by Crippen LogP contribution is -2.29. The second-order valence-corrected chi connectivity index (χ2v) is 11.5. The Morgan fingerprint density at radius 3 is 2.49 bits per heavy atom. The van der Waals surface area contributed by atoms with E-state index in [4.69, 9.17) is 17.0 Å². The van der Waals surface area contributed by atoms with E-state index >= 15 is 0 Å². The van der Waals surface area contributed by atoms with E-state index in [-0.39, 0.29) is 17.8 Å². The molecule has 202 valence electrons. The van der Waals surface area contributed by atoms with E-state index in [1.165, 1.54) is 7.11 Å². The summed E-state index contributed by atoms with van der Waals surface area (Å²) in [6.45, 7) is 4.00. The molecule has 2 aromatic carbocycles. The van der Waals surface area contributed by atoms with Gasteiger partial charge in [0.25, 0.3) is 0 Å². The Morgan fingerprint density at radius 1 is 1.08 bits per heavy atom. The van der Waals surface area contributed by atoms with Gasteiger partial charge in [-0.2, -0.15) is 0 Å². The van der Waals surface area contributed by atoms with Crippen LogP contribution in [0.1, 0.15) is 34.7 Å². The molecular weight excluding hydrogens is 534 g/mol. The molecule has 3 N–H and O–H groups in total. The number of pyridine rings is 1. The van der Waals surface area contributed by atoms with Gasteiger partial charge in [-0.15, -0.1) is 0 Å². The molecule has 1 saturated heterocycles. The van der Waals surface area contributed by atoms with Gasteiger partial charge in [0.05, 0.1) is 42.5 Å². The van der Waals surface area contributed by atoms with E-state index in [9.17, 15) is 13.5 Å². The fraction of sp³-hybridized carbons (Fsp3) is 0.214. The van der Waals surface area contributed by atoms with Gasteiger partial charge in [-0.3, -0.25) is 9.71 Å². The molecule has 0 unspecified atom stereocenters. The standard InChI is InChI=1S/C28H29N5O4S2/c1-17-15-20(18(2)32(17)23-10-5-6-11-24(23)34)27-26(21-9-7-8-14-29-21)30-28(38)33(27)19-12-13-25(37-3)22(16-19)31-39(4,35)36/h5-16,26-27,31,34H,1-4H3,(H,30,38)/t26-,27-/m0/s1. The number of rotatable bonds is 7. The first-order valence-corrected chi connectivity index (χ1v) is 14.5. The number of nitrogens with zero attached hydrogens (tertiary/aromatic N) is 3. The number of aromatic hydroxyl groups is 1. The summed E-state index contributed by atoms with van der Waals surface area (Å²) in [4.78, 5) is 6.59. The average Bonchev–Trinajstić information content (AvgIpc) is 3.39. The van der Waals surface area contributed by atoms with Crippen LogP contribution in [0.3, 0.4) is 0 Å². The molecule has 1 aliphatic rings. The van der Waals surface area contributed by atoms with Gasteiger partial charge in [-0.1, -0.05) is 18.2 Å². The number of phenols is 1. The third kappa shape index (κ3) is 5.02. The predicted octanol–water partition coefficient (Wildman–Crippen LogP) is 4.75. The summed E-state index contributed by atoms with van der Waals surface area (Å²) in [5, 5.41) is 14.5. The molecule has 3 heterocycles. The SMILES string of the molecule is COc1ccc(N2C(=S)N[C@@H](c3ccccn3)[C@@H]2c2cc(C)n(-c3ccccc3O)c2C)cc1NS(C)(=O)=O. The summed E-state index contributed by atoms with van der Waals surface area (Å²) in [6.07, 6.45) is 2.83. The Kier molecular flexibility index (Phi) is 6.96. The fourth-order valence-electron chi connectivity index (χ4n) is 5.19. The zero-order valence-corrected chi connectivity index (χ0v) is 23.5. The van der Waals surface area contributed by atoms with E-state index < -0.39 is 10.0 Å². The first-order chi connectivity index (χ1) is 18.6. The summed E-state index contributed by atoms with van der Waals surface area (Å²) < 4.78 is 34.1. The van der Waals surface area contributed by atoms with Crippen LogP contribution in [0.2, 0.25) is 0 Å². The molecule has 0 spiro atoms. The van der Waals surface area contributed by atoms with Crippen LogP contribution in [0.15, 0.2) is 72.9 Å². The number of sulfonamides is 1. The van der Waals surface area contributed by atoms with E-state index in [1.54, 1.807) is 30.5 Å². The lowest BCUT2D eigenvalue weighted by molar-refractivity contribution is 0.417. The van der Waals surface area contributed by atoms with E-state index in [1.807, 2.05) is 59.7 Å². The Morgan fingerprint density at radius 2 is 1.82 bits per heavy atom. The van der Waals surface area contributed by atoms with E-state index in [0.717, 1.165) is 28.9 Å². The van der Waals surface area contributed by atoms with Crippen molar-refractivity contribution < 1.29 is 18.3 Å². The molecule has 5 rings (SSSR count). The molecular formula is C28H29N5O4S2. The maximum absolute atomic E-state index is 12.1. The average molecular weight is 564 g/mol. The molecule has 0 saturated carbocycles. The molecule has 39 heavy (non-hydrogen) atoms. The second-order valence-electron chi connectivity index (χ2n) is 9.41. The largest absolute Gasteiger partial charge is 0.506 e. The third-order valence-corrected chi connectivity index (χ3v) is 7.67. The molecule has 4 aromatic rings. The van der Waals surface area contributed by atoms with Crippen LogP contribution in [0, 0.1) is 13.8 Å². The van der Waals surface area contributed by atoms with E-state index in [2.05, 4.69) is 21.1 Å². The minimum Gasteiger partial charge on any atom is -0.506 e. The predicted molar refractivity (Wildman–Crippen MR) is 156 cm³/mol. The van der Waals surface area contributed by atoms with Crippen molar-refractivity contribution in [2.75, 3.05) is 23.0 Å². The number of benzene rings is 2. The Labute approximate surface area is 233 Å². The monoisotopic (exact) mass is 563 g/mol. The maximum Gasteiger partial charge on any atom is 0.229 e. The van der Waals surface area contributed by atoms with Crippen molar-refractivity contribution in [2.24, 2.45) is 0 Å². The summed E-state index contributed by atoms with van der Waals surface area (Å²) >= 11 is 5.86. The maximum atomic E-state index is 12.1. The van der Waals surface area contributed by atoms with Crippen molar-refractivity contribution in [3.8, 4) is 17.2 Å². The zero-order chi connectivity index (χ0) is 27.9. The minimum atomic E-state index is -3.56. The number of aromatic nitrogens is 2. The number of para-hydroxylation sites is 2. The molecule has 0 bridgehead atoms. The molecule has 1 fully saturated rings. The number of methoxy groups -OCH3 is 1. The third-order valence-electron chi connectivity index (χ3n) is 6.77. The smallest absolute Gasteiger partial charge is 0.229 e. The Bertz CT molecular complexity index is 1650. The number of phenolic OH excluding ortho intramolecular Hbond substituents is 1. The van der Waals surface area contributed by atoms with Crippen molar-refractivity contribution in [1.82, 2.24) is 14.9 Å². The summed E-state index contributed by atoms with van der Waals surface area (Å²) in [5.74, 6) is 0.563. The van der Waals surface area contributed by atoms with Crippen LogP contribution in [0.4, 0.5) is 11.4 Å². The lowest BCUT2D eigenvalue weighted by atomic mass is 9.96. The Balaban J connectivity index is 1.69. The van der Waals surface area contributed by atoms with Gasteiger partial charge in [-0.25, -0.2) is 8.42 Å². The highest BCUT2D eigenvalue weighted by Gasteiger charge is 2.42. The summed E-state index contributed by atoms with van der Waals surface area (Å²) in [5.41, 5.74) is 5.32. The highest BCUT2D eigenvalue weighted by atomic mass is 32.2. The van der Waals surface area contributed by atoms with Crippen molar-refractivity contribution in [3.05, 3.63) is 95.6 Å². The van der Waals surface area contributed by atoms with Crippen LogP contribution < -0.4 is 19.7 Å². The molecule has 0 aliphatic carbocycles. The normalized spacial score (nSPS) is 17.2. The van der Waals surface area contributed by atoms with Crippen LogP contribution >= 0.6 is 12.2 Å². The fourth-order valence-corrected chi connectivity index (χ4v) is 6.09.